The van der Waals surface area contributed by atoms with Crippen molar-refractivity contribution in [3.05, 3.63) is 33.8 Å². The van der Waals surface area contributed by atoms with Crippen molar-refractivity contribution in [1.29, 1.82) is 5.26 Å². The summed E-state index contributed by atoms with van der Waals surface area (Å²) in [5, 5.41) is 18.4. The Balaban J connectivity index is 2.31. The molecule has 0 atom stereocenters. The molecule has 1 heterocycles. The SMILES string of the molecule is Cc1nnc(Sc2ccc(Cl)cc2C#N)s1. The van der Waals surface area contributed by atoms with Crippen LogP contribution in [0.15, 0.2) is 27.4 Å². The fourth-order valence-electron chi connectivity index (χ4n) is 1.09. The number of nitrogens with zero attached hydrogens (tertiary/aromatic N) is 3. The van der Waals surface area contributed by atoms with E-state index in [0.29, 0.717) is 10.6 Å². The summed E-state index contributed by atoms with van der Waals surface area (Å²) in [6.45, 7) is 1.90. The lowest BCUT2D eigenvalue weighted by Crippen LogP contribution is -1.81. The van der Waals surface area contributed by atoms with E-state index in [-0.39, 0.29) is 0 Å². The van der Waals surface area contributed by atoms with E-state index >= 15 is 0 Å². The van der Waals surface area contributed by atoms with Gasteiger partial charge in [-0.2, -0.15) is 5.26 Å². The lowest BCUT2D eigenvalue weighted by Gasteiger charge is -2.00. The van der Waals surface area contributed by atoms with E-state index in [1.165, 1.54) is 23.1 Å². The van der Waals surface area contributed by atoms with Crippen molar-refractivity contribution < 1.29 is 0 Å². The van der Waals surface area contributed by atoms with Crippen LogP contribution in [0.4, 0.5) is 0 Å². The molecule has 1 aromatic heterocycles. The van der Waals surface area contributed by atoms with Gasteiger partial charge in [0.15, 0.2) is 4.34 Å². The van der Waals surface area contributed by atoms with Crippen LogP contribution in [-0.2, 0) is 0 Å². The molecule has 0 amide bonds. The predicted octanol–water partition coefficient (Wildman–Crippen LogP) is 3.52. The summed E-state index contributed by atoms with van der Waals surface area (Å²) in [6.07, 6.45) is 0. The molecule has 0 spiro atoms. The maximum absolute atomic E-state index is 8.97. The highest BCUT2D eigenvalue weighted by atomic mass is 35.5. The first kappa shape index (κ1) is 11.4. The van der Waals surface area contributed by atoms with Crippen LogP contribution >= 0.6 is 34.7 Å². The minimum atomic E-state index is 0.561. The fourth-order valence-corrected chi connectivity index (χ4v) is 3.10. The molecule has 0 bridgehead atoms. The molecule has 2 rings (SSSR count). The fraction of sp³-hybridized carbons (Fsp3) is 0.100. The van der Waals surface area contributed by atoms with Crippen molar-refractivity contribution in [1.82, 2.24) is 10.2 Å². The van der Waals surface area contributed by atoms with Crippen LogP contribution in [-0.4, -0.2) is 10.2 Å². The maximum Gasteiger partial charge on any atom is 0.179 e. The second kappa shape index (κ2) is 4.83. The van der Waals surface area contributed by atoms with E-state index in [1.807, 2.05) is 13.0 Å². The average molecular weight is 268 g/mol. The molecule has 2 aromatic rings. The third kappa shape index (κ3) is 2.53. The Morgan fingerprint density at radius 2 is 2.25 bits per heavy atom. The Labute approximate surface area is 106 Å². The number of nitriles is 1. The van der Waals surface area contributed by atoms with Gasteiger partial charge in [0.1, 0.15) is 11.1 Å². The summed E-state index contributed by atoms with van der Waals surface area (Å²) < 4.78 is 0.830. The highest BCUT2D eigenvalue weighted by molar-refractivity contribution is 8.01. The summed E-state index contributed by atoms with van der Waals surface area (Å²) in [7, 11) is 0. The number of aryl methyl sites for hydroxylation is 1. The normalized spacial score (nSPS) is 10.1. The van der Waals surface area contributed by atoms with Gasteiger partial charge in [-0.1, -0.05) is 34.7 Å². The lowest BCUT2D eigenvalue weighted by molar-refractivity contribution is 0.983. The van der Waals surface area contributed by atoms with Crippen LogP contribution in [0, 0.1) is 18.3 Å². The van der Waals surface area contributed by atoms with Crippen LogP contribution < -0.4 is 0 Å². The largest absolute Gasteiger partial charge is 0.192 e. The molecule has 3 nitrogen and oxygen atoms in total. The van der Waals surface area contributed by atoms with Gasteiger partial charge in [-0.05, 0) is 25.1 Å². The minimum absolute atomic E-state index is 0.561. The Kier molecular flexibility index (Phi) is 3.44. The molecule has 0 fully saturated rings. The standard InChI is InChI=1S/C10H6ClN3S2/c1-6-13-14-10(15-6)16-9-3-2-8(11)4-7(9)5-12/h2-4H,1H3. The van der Waals surface area contributed by atoms with Crippen LogP contribution in [0.3, 0.4) is 0 Å². The van der Waals surface area contributed by atoms with Crippen molar-refractivity contribution in [3.8, 4) is 6.07 Å². The third-order valence-electron chi connectivity index (χ3n) is 1.77. The van der Waals surface area contributed by atoms with E-state index in [9.17, 15) is 0 Å². The summed E-state index contributed by atoms with van der Waals surface area (Å²) in [5.74, 6) is 0. The second-order valence-corrected chi connectivity index (χ2v) is 5.85. The molecular formula is C10H6ClN3S2. The lowest BCUT2D eigenvalue weighted by atomic mass is 10.2. The second-order valence-electron chi connectivity index (χ2n) is 2.94. The van der Waals surface area contributed by atoms with Crippen LogP contribution in [0.5, 0.6) is 0 Å². The summed E-state index contributed by atoms with van der Waals surface area (Å²) in [6, 6.07) is 7.35. The van der Waals surface area contributed by atoms with E-state index in [0.717, 1.165) is 14.2 Å². The molecule has 0 N–H and O–H groups in total. The van der Waals surface area contributed by atoms with E-state index in [4.69, 9.17) is 16.9 Å². The molecule has 1 aromatic carbocycles. The number of hydrogen-bond acceptors (Lipinski definition) is 5. The topological polar surface area (TPSA) is 49.6 Å². The molecule has 0 aliphatic rings. The van der Waals surface area contributed by atoms with Gasteiger partial charge in [0.05, 0.1) is 5.56 Å². The average Bonchev–Trinajstić information content (AvgIpc) is 2.67. The first-order valence-corrected chi connectivity index (χ1v) is 6.38. The zero-order chi connectivity index (χ0) is 11.5. The van der Waals surface area contributed by atoms with Gasteiger partial charge in [-0.25, -0.2) is 0 Å². The Morgan fingerprint density at radius 3 is 2.88 bits per heavy atom. The molecule has 0 aliphatic carbocycles. The summed E-state index contributed by atoms with van der Waals surface area (Å²) >= 11 is 8.75. The smallest absolute Gasteiger partial charge is 0.179 e. The molecule has 6 heteroatoms. The van der Waals surface area contributed by atoms with Gasteiger partial charge < -0.3 is 0 Å². The molecule has 0 saturated heterocycles. The minimum Gasteiger partial charge on any atom is -0.192 e. The molecule has 0 saturated carbocycles. The Morgan fingerprint density at radius 1 is 1.44 bits per heavy atom. The van der Waals surface area contributed by atoms with Gasteiger partial charge >= 0.3 is 0 Å². The van der Waals surface area contributed by atoms with Crippen LogP contribution in [0.25, 0.3) is 0 Å². The van der Waals surface area contributed by atoms with E-state index in [2.05, 4.69) is 16.3 Å². The van der Waals surface area contributed by atoms with Crippen molar-refractivity contribution in [2.75, 3.05) is 0 Å². The number of benzene rings is 1. The number of hydrogen-bond donors (Lipinski definition) is 0. The van der Waals surface area contributed by atoms with Crippen molar-refractivity contribution in [2.24, 2.45) is 0 Å². The quantitative estimate of drug-likeness (QED) is 0.835. The molecule has 0 unspecified atom stereocenters. The Hall–Kier alpha value is -1.09. The number of rotatable bonds is 2. The van der Waals surface area contributed by atoms with Gasteiger partial charge in [-0.15, -0.1) is 10.2 Å². The molecule has 0 aliphatic heterocycles. The van der Waals surface area contributed by atoms with Crippen molar-refractivity contribution in [3.63, 3.8) is 0 Å². The van der Waals surface area contributed by atoms with E-state index < -0.39 is 0 Å². The number of halogens is 1. The molecule has 80 valence electrons. The first-order chi connectivity index (χ1) is 7.69. The van der Waals surface area contributed by atoms with Gasteiger partial charge in [0, 0.05) is 9.92 Å². The van der Waals surface area contributed by atoms with Crippen molar-refractivity contribution in [2.45, 2.75) is 16.2 Å². The third-order valence-corrected chi connectivity index (χ3v) is 3.97. The highest BCUT2D eigenvalue weighted by Crippen LogP contribution is 2.33. The van der Waals surface area contributed by atoms with Crippen LogP contribution in [0.2, 0.25) is 5.02 Å². The zero-order valence-corrected chi connectivity index (χ0v) is 10.7. The molecule has 16 heavy (non-hydrogen) atoms. The monoisotopic (exact) mass is 267 g/mol. The number of aromatic nitrogens is 2. The summed E-state index contributed by atoms with van der Waals surface area (Å²) in [5.41, 5.74) is 0.561. The summed E-state index contributed by atoms with van der Waals surface area (Å²) in [4.78, 5) is 0.850. The van der Waals surface area contributed by atoms with E-state index in [1.54, 1.807) is 12.1 Å². The Bertz CT molecular complexity index is 559. The van der Waals surface area contributed by atoms with Crippen LogP contribution in [0.1, 0.15) is 10.6 Å². The maximum atomic E-state index is 8.97. The molecule has 0 radical (unpaired) electrons. The molecular weight excluding hydrogens is 262 g/mol. The van der Waals surface area contributed by atoms with Gasteiger partial charge in [-0.3, -0.25) is 0 Å². The predicted molar refractivity (Wildman–Crippen MR) is 64.9 cm³/mol. The van der Waals surface area contributed by atoms with Crippen molar-refractivity contribution >= 4 is 34.7 Å². The zero-order valence-electron chi connectivity index (χ0n) is 8.27. The van der Waals surface area contributed by atoms with Gasteiger partial charge in [0.2, 0.25) is 0 Å². The first-order valence-electron chi connectivity index (χ1n) is 4.36. The van der Waals surface area contributed by atoms with Gasteiger partial charge in [0.25, 0.3) is 0 Å². The highest BCUT2D eigenvalue weighted by Gasteiger charge is 2.08.